The molecule has 0 saturated heterocycles. The van der Waals surface area contributed by atoms with E-state index in [0.717, 1.165) is 0 Å². The van der Waals surface area contributed by atoms with E-state index in [-0.39, 0.29) is 29.9 Å². The van der Waals surface area contributed by atoms with E-state index in [2.05, 4.69) is 19.7 Å². The van der Waals surface area contributed by atoms with Gasteiger partial charge in [-0.25, -0.2) is 14.4 Å². The van der Waals surface area contributed by atoms with Crippen molar-refractivity contribution >= 4 is 17.9 Å². The van der Waals surface area contributed by atoms with Crippen molar-refractivity contribution in [2.24, 2.45) is 0 Å². The molecule has 40 heavy (non-hydrogen) atoms. The minimum absolute atomic E-state index is 0.122. The van der Waals surface area contributed by atoms with E-state index in [1.807, 2.05) is 0 Å². The standard InChI is InChI=1S/C26H42O14/c1-15(2)24(32)38-11-18(28)8-35-14-22(36-9-19(29)12-39-25(33)16(3)4)23(21(31)7-27)37-10-20(30)13-40-26(34)17(5)6/h18-23,27-31H,1,3,5,7-14H2,2,4,6H3. The van der Waals surface area contributed by atoms with Gasteiger partial charge in [0, 0.05) is 16.7 Å². The van der Waals surface area contributed by atoms with Crippen LogP contribution < -0.4 is 0 Å². The highest BCUT2D eigenvalue weighted by Crippen LogP contribution is 2.13. The summed E-state index contributed by atoms with van der Waals surface area (Å²) < 4.78 is 31.1. The van der Waals surface area contributed by atoms with Crippen molar-refractivity contribution in [3.8, 4) is 0 Å². The molecule has 0 heterocycles. The Morgan fingerprint density at radius 3 is 1.35 bits per heavy atom. The SMILES string of the molecule is C=C(C)C(=O)OCC(O)COCC(OCC(O)COC(=O)C(=C)C)C(OCC(O)COC(=O)C(=C)C)C(O)CO. The first-order valence-corrected chi connectivity index (χ1v) is 12.3. The van der Waals surface area contributed by atoms with Crippen LogP contribution in [0.2, 0.25) is 0 Å². The lowest BCUT2D eigenvalue weighted by atomic mass is 10.1. The summed E-state index contributed by atoms with van der Waals surface area (Å²) in [6.07, 6.45) is -7.97. The third-order valence-corrected chi connectivity index (χ3v) is 4.77. The Balaban J connectivity index is 5.30. The van der Waals surface area contributed by atoms with Gasteiger partial charge in [-0.15, -0.1) is 0 Å². The molecular formula is C26H42O14. The summed E-state index contributed by atoms with van der Waals surface area (Å²) in [4.78, 5) is 34.6. The molecule has 230 valence electrons. The van der Waals surface area contributed by atoms with E-state index in [4.69, 9.17) is 28.4 Å². The second kappa shape index (κ2) is 20.2. The van der Waals surface area contributed by atoms with Gasteiger partial charge in [-0.2, -0.15) is 0 Å². The van der Waals surface area contributed by atoms with Crippen LogP contribution in [-0.4, -0.2) is 133 Å². The van der Waals surface area contributed by atoms with Crippen molar-refractivity contribution in [1.29, 1.82) is 0 Å². The molecular weight excluding hydrogens is 536 g/mol. The number of rotatable bonds is 22. The fraction of sp³-hybridized carbons (Fsp3) is 0.654. The van der Waals surface area contributed by atoms with Crippen LogP contribution in [0.15, 0.2) is 36.5 Å². The fourth-order valence-corrected chi connectivity index (χ4v) is 2.61. The van der Waals surface area contributed by atoms with Crippen LogP contribution in [-0.2, 0) is 42.8 Å². The first kappa shape index (κ1) is 37.3. The number of ether oxygens (including phenoxy) is 6. The largest absolute Gasteiger partial charge is 0.460 e. The topological polar surface area (TPSA) is 208 Å². The third kappa shape index (κ3) is 16.4. The molecule has 0 fully saturated rings. The summed E-state index contributed by atoms with van der Waals surface area (Å²) in [7, 11) is 0. The van der Waals surface area contributed by atoms with Crippen LogP contribution in [0.25, 0.3) is 0 Å². The van der Waals surface area contributed by atoms with Gasteiger partial charge in [0.15, 0.2) is 0 Å². The molecule has 0 bridgehead atoms. The average molecular weight is 579 g/mol. The quantitative estimate of drug-likeness (QED) is 0.0567. The molecule has 0 saturated carbocycles. The van der Waals surface area contributed by atoms with Crippen molar-refractivity contribution in [2.45, 2.75) is 57.4 Å². The highest BCUT2D eigenvalue weighted by molar-refractivity contribution is 5.87. The number of hydrogen-bond acceptors (Lipinski definition) is 14. The van der Waals surface area contributed by atoms with Crippen molar-refractivity contribution in [2.75, 3.05) is 52.9 Å². The van der Waals surface area contributed by atoms with Crippen molar-refractivity contribution in [3.05, 3.63) is 36.5 Å². The second-order valence-corrected chi connectivity index (χ2v) is 9.05. The fourth-order valence-electron chi connectivity index (χ4n) is 2.61. The van der Waals surface area contributed by atoms with Gasteiger partial charge in [-0.05, 0) is 20.8 Å². The van der Waals surface area contributed by atoms with Crippen LogP contribution in [0.1, 0.15) is 20.8 Å². The zero-order valence-corrected chi connectivity index (χ0v) is 23.2. The maximum absolute atomic E-state index is 11.5. The van der Waals surface area contributed by atoms with Gasteiger partial charge in [-0.1, -0.05) is 19.7 Å². The van der Waals surface area contributed by atoms with Crippen LogP contribution >= 0.6 is 0 Å². The summed E-state index contributed by atoms with van der Waals surface area (Å²) in [5, 5.41) is 50.2. The summed E-state index contributed by atoms with van der Waals surface area (Å²) in [6, 6.07) is 0. The molecule has 0 amide bonds. The number of hydrogen-bond donors (Lipinski definition) is 5. The number of carbonyl (C=O) groups is 3. The first-order chi connectivity index (χ1) is 18.7. The van der Waals surface area contributed by atoms with E-state index < -0.39 is 94.2 Å². The summed E-state index contributed by atoms with van der Waals surface area (Å²) in [5.74, 6) is -2.15. The Morgan fingerprint density at radius 2 is 0.975 bits per heavy atom. The number of aliphatic hydroxyl groups excluding tert-OH is 5. The Hall–Kier alpha value is -2.69. The van der Waals surface area contributed by atoms with Crippen LogP contribution in [0.3, 0.4) is 0 Å². The predicted molar refractivity (Wildman–Crippen MR) is 139 cm³/mol. The molecule has 0 aromatic heterocycles. The minimum atomic E-state index is -1.56. The zero-order valence-electron chi connectivity index (χ0n) is 23.2. The second-order valence-electron chi connectivity index (χ2n) is 9.05. The van der Waals surface area contributed by atoms with Crippen molar-refractivity contribution < 1.29 is 68.3 Å². The molecule has 6 atom stereocenters. The molecule has 0 rings (SSSR count). The Labute approximate surface area is 233 Å². The van der Waals surface area contributed by atoms with E-state index in [1.54, 1.807) is 0 Å². The van der Waals surface area contributed by atoms with E-state index in [1.165, 1.54) is 20.8 Å². The van der Waals surface area contributed by atoms with Crippen molar-refractivity contribution in [3.63, 3.8) is 0 Å². The third-order valence-electron chi connectivity index (χ3n) is 4.77. The number of carbonyl (C=O) groups excluding carboxylic acids is 3. The van der Waals surface area contributed by atoms with Gasteiger partial charge in [0.25, 0.3) is 0 Å². The van der Waals surface area contributed by atoms with Crippen molar-refractivity contribution in [1.82, 2.24) is 0 Å². The Kier molecular flexibility index (Phi) is 18.9. The summed E-state index contributed by atoms with van der Waals surface area (Å²) >= 11 is 0. The molecule has 14 heteroatoms. The van der Waals surface area contributed by atoms with Crippen LogP contribution in [0.4, 0.5) is 0 Å². The number of aliphatic hydroxyl groups is 5. The lowest BCUT2D eigenvalue weighted by molar-refractivity contribution is -0.177. The molecule has 0 aliphatic carbocycles. The zero-order chi connectivity index (χ0) is 30.8. The molecule has 6 unspecified atom stereocenters. The Bertz CT molecular complexity index is 841. The molecule has 0 aliphatic heterocycles. The molecule has 0 spiro atoms. The Morgan fingerprint density at radius 1 is 0.600 bits per heavy atom. The summed E-state index contributed by atoms with van der Waals surface area (Å²) in [5.41, 5.74) is 0.388. The lowest BCUT2D eigenvalue weighted by Gasteiger charge is -2.31. The van der Waals surface area contributed by atoms with Gasteiger partial charge in [-0.3, -0.25) is 0 Å². The average Bonchev–Trinajstić information content (AvgIpc) is 2.90. The molecule has 0 radical (unpaired) electrons. The maximum atomic E-state index is 11.5. The van der Waals surface area contributed by atoms with Crippen LogP contribution in [0.5, 0.6) is 0 Å². The molecule has 5 N–H and O–H groups in total. The highest BCUT2D eigenvalue weighted by Gasteiger charge is 2.32. The molecule has 0 aromatic carbocycles. The summed E-state index contributed by atoms with van der Waals surface area (Å²) in [6.45, 7) is 10.9. The molecule has 14 nitrogen and oxygen atoms in total. The van der Waals surface area contributed by atoms with E-state index in [9.17, 15) is 39.9 Å². The predicted octanol–water partition coefficient (Wildman–Crippen LogP) is -1.43. The lowest BCUT2D eigenvalue weighted by Crippen LogP contribution is -2.48. The van der Waals surface area contributed by atoms with Gasteiger partial charge < -0.3 is 54.0 Å². The van der Waals surface area contributed by atoms with Gasteiger partial charge in [0.1, 0.15) is 56.4 Å². The normalized spacial score (nSPS) is 15.6. The van der Waals surface area contributed by atoms with Crippen LogP contribution in [0, 0.1) is 0 Å². The first-order valence-electron chi connectivity index (χ1n) is 12.3. The smallest absolute Gasteiger partial charge is 0.333 e. The molecule has 0 aromatic rings. The molecule has 0 aliphatic rings. The van der Waals surface area contributed by atoms with E-state index >= 15 is 0 Å². The maximum Gasteiger partial charge on any atom is 0.333 e. The van der Waals surface area contributed by atoms with E-state index in [0.29, 0.717) is 0 Å². The number of esters is 3. The minimum Gasteiger partial charge on any atom is -0.460 e. The monoisotopic (exact) mass is 578 g/mol. The van der Waals surface area contributed by atoms with Gasteiger partial charge >= 0.3 is 17.9 Å². The van der Waals surface area contributed by atoms with Gasteiger partial charge in [0.05, 0.1) is 33.0 Å². The van der Waals surface area contributed by atoms with Gasteiger partial charge in [0.2, 0.25) is 0 Å². The highest BCUT2D eigenvalue weighted by atomic mass is 16.6.